The monoisotopic (exact) mass is 480 g/mol. The first kappa shape index (κ1) is 20.1. The van der Waals surface area contributed by atoms with E-state index in [-0.39, 0.29) is 11.2 Å². The Kier molecular flexibility index (Phi) is 4.26. The zero-order chi connectivity index (χ0) is 22.4. The van der Waals surface area contributed by atoms with Crippen molar-refractivity contribution in [3.8, 4) is 22.1 Å². The Labute approximate surface area is 198 Å². The normalized spacial score (nSPS) is 15.7. The maximum Gasteiger partial charge on any atom is 0.195 e. The molecule has 6 rings (SSSR count). The molecule has 4 heterocycles. The Bertz CT molecular complexity index is 1570. The van der Waals surface area contributed by atoms with Crippen LogP contribution in [0.3, 0.4) is 0 Å². The number of imidazole rings is 2. The van der Waals surface area contributed by atoms with E-state index >= 15 is 0 Å². The fourth-order valence-electron chi connectivity index (χ4n) is 4.64. The van der Waals surface area contributed by atoms with E-state index in [9.17, 15) is 4.79 Å². The minimum atomic E-state index is -0.0897. The van der Waals surface area contributed by atoms with Crippen LogP contribution in [0.1, 0.15) is 46.8 Å². The number of ketones is 1. The highest BCUT2D eigenvalue weighted by molar-refractivity contribution is 7.20. The third-order valence-electron chi connectivity index (χ3n) is 6.32. The lowest BCUT2D eigenvalue weighted by Crippen LogP contribution is -2.26. The lowest BCUT2D eigenvalue weighted by atomic mass is 9.78. The van der Waals surface area contributed by atoms with Crippen LogP contribution in [-0.4, -0.2) is 25.1 Å². The number of Topliss-reactive ketones (excluding diaryl/α,β-unsaturated/α-hetero) is 1. The molecule has 5 aromatic rings. The summed E-state index contributed by atoms with van der Waals surface area (Å²) in [7, 11) is 0. The first-order chi connectivity index (χ1) is 15.2. The number of carbonyl (C=O) groups is 1. The Morgan fingerprint density at radius 2 is 1.91 bits per heavy atom. The van der Waals surface area contributed by atoms with Crippen LogP contribution in [0.2, 0.25) is 4.34 Å². The predicted molar refractivity (Wildman–Crippen MR) is 132 cm³/mol. The predicted octanol–water partition coefficient (Wildman–Crippen LogP) is 7.09. The van der Waals surface area contributed by atoms with Gasteiger partial charge < -0.3 is 4.98 Å². The number of aryl methyl sites for hydroxylation is 2. The van der Waals surface area contributed by atoms with Gasteiger partial charge in [-0.25, -0.2) is 9.97 Å². The van der Waals surface area contributed by atoms with Gasteiger partial charge in [0.15, 0.2) is 16.6 Å². The molecule has 32 heavy (non-hydrogen) atoms. The standard InChI is InChI=1S/C24H21ClN4OS2/c1-11-5-6-13-18(12(11)2)27-22(26-13)20-19(16-7-8-17(25)31-16)28-23-29(20)14-9-24(3,4)10-15(30)21(14)32-23/h5-8H,9-10H2,1-4H3,(H,26,27). The van der Waals surface area contributed by atoms with Crippen molar-refractivity contribution in [2.24, 2.45) is 5.41 Å². The maximum atomic E-state index is 12.9. The second-order valence-corrected chi connectivity index (χ2v) is 12.0. The smallest absolute Gasteiger partial charge is 0.195 e. The third kappa shape index (κ3) is 2.91. The van der Waals surface area contributed by atoms with Crippen molar-refractivity contribution in [3.63, 3.8) is 0 Å². The Morgan fingerprint density at radius 1 is 1.09 bits per heavy atom. The molecule has 1 aliphatic carbocycles. The number of aromatic nitrogens is 4. The molecular formula is C24H21ClN4OS2. The van der Waals surface area contributed by atoms with Crippen LogP contribution < -0.4 is 0 Å². The Balaban J connectivity index is 1.70. The second-order valence-electron chi connectivity index (χ2n) is 9.34. The van der Waals surface area contributed by atoms with Gasteiger partial charge >= 0.3 is 0 Å². The molecule has 4 aromatic heterocycles. The van der Waals surface area contributed by atoms with Crippen LogP contribution >= 0.6 is 34.3 Å². The van der Waals surface area contributed by atoms with Crippen LogP contribution in [0.15, 0.2) is 24.3 Å². The summed E-state index contributed by atoms with van der Waals surface area (Å²) in [6, 6.07) is 8.08. The zero-order valence-electron chi connectivity index (χ0n) is 18.2. The van der Waals surface area contributed by atoms with E-state index < -0.39 is 0 Å². The van der Waals surface area contributed by atoms with Crippen LogP contribution in [-0.2, 0) is 6.42 Å². The first-order valence-corrected chi connectivity index (χ1v) is 12.5. The molecule has 1 N–H and O–H groups in total. The Morgan fingerprint density at radius 3 is 2.66 bits per heavy atom. The van der Waals surface area contributed by atoms with Gasteiger partial charge in [-0.2, -0.15) is 0 Å². The molecule has 0 fully saturated rings. The quantitative estimate of drug-likeness (QED) is 0.293. The minimum Gasteiger partial charge on any atom is -0.337 e. The van der Waals surface area contributed by atoms with Crippen LogP contribution in [0.5, 0.6) is 0 Å². The van der Waals surface area contributed by atoms with E-state index in [4.69, 9.17) is 21.6 Å². The number of rotatable bonds is 2. The van der Waals surface area contributed by atoms with Crippen molar-refractivity contribution in [2.45, 2.75) is 40.5 Å². The van der Waals surface area contributed by atoms with Gasteiger partial charge in [0.1, 0.15) is 11.4 Å². The van der Waals surface area contributed by atoms with E-state index in [1.54, 1.807) is 0 Å². The van der Waals surface area contributed by atoms with Crippen molar-refractivity contribution in [1.29, 1.82) is 0 Å². The summed E-state index contributed by atoms with van der Waals surface area (Å²) in [5.41, 5.74) is 7.02. The highest BCUT2D eigenvalue weighted by Crippen LogP contribution is 2.44. The number of benzene rings is 1. The lowest BCUT2D eigenvalue weighted by Gasteiger charge is -2.28. The van der Waals surface area contributed by atoms with E-state index in [1.807, 2.05) is 12.1 Å². The second kappa shape index (κ2) is 6.76. The molecule has 0 bridgehead atoms. The summed E-state index contributed by atoms with van der Waals surface area (Å²) in [4.78, 5) is 29.1. The first-order valence-electron chi connectivity index (χ1n) is 10.5. The number of thiazole rings is 1. The topological polar surface area (TPSA) is 63.1 Å². The van der Waals surface area contributed by atoms with Crippen molar-refractivity contribution in [1.82, 2.24) is 19.4 Å². The molecule has 1 aliphatic rings. The molecule has 1 aromatic carbocycles. The molecule has 0 atom stereocenters. The van der Waals surface area contributed by atoms with Gasteiger partial charge in [-0.05, 0) is 55.0 Å². The van der Waals surface area contributed by atoms with Gasteiger partial charge in [-0.15, -0.1) is 11.3 Å². The number of thiophene rings is 1. The average molecular weight is 481 g/mol. The molecule has 0 saturated heterocycles. The van der Waals surface area contributed by atoms with Gasteiger partial charge in [0.25, 0.3) is 0 Å². The molecule has 0 saturated carbocycles. The number of nitrogens with one attached hydrogen (secondary N) is 1. The molecular weight excluding hydrogens is 460 g/mol. The van der Waals surface area contributed by atoms with Gasteiger partial charge in [0.2, 0.25) is 0 Å². The number of hydrogen-bond acceptors (Lipinski definition) is 5. The fraction of sp³-hybridized carbons (Fsp3) is 0.292. The van der Waals surface area contributed by atoms with Gasteiger partial charge in [-0.1, -0.05) is 42.9 Å². The number of H-pyrrole nitrogens is 1. The number of fused-ring (bicyclic) bond motifs is 4. The van der Waals surface area contributed by atoms with Crippen LogP contribution in [0.25, 0.3) is 38.1 Å². The van der Waals surface area contributed by atoms with Gasteiger partial charge in [-0.3, -0.25) is 9.20 Å². The van der Waals surface area contributed by atoms with Crippen molar-refractivity contribution in [2.75, 3.05) is 0 Å². The largest absolute Gasteiger partial charge is 0.337 e. The number of carbonyl (C=O) groups excluding carboxylic acids is 1. The number of halogens is 1. The fourth-order valence-corrected chi connectivity index (χ4v) is 6.75. The van der Waals surface area contributed by atoms with Gasteiger partial charge in [0, 0.05) is 12.1 Å². The number of nitrogens with zero attached hydrogens (tertiary/aromatic N) is 3. The maximum absolute atomic E-state index is 12.9. The SMILES string of the molecule is Cc1ccc2[nH]c(-c3c(-c4ccc(Cl)s4)nc4sc5c(n34)CC(C)(C)CC5=O)nc2c1C. The Hall–Kier alpha value is -2.48. The van der Waals surface area contributed by atoms with Gasteiger partial charge in [0.05, 0.1) is 25.1 Å². The zero-order valence-corrected chi connectivity index (χ0v) is 20.6. The van der Waals surface area contributed by atoms with Crippen LogP contribution in [0.4, 0.5) is 0 Å². The summed E-state index contributed by atoms with van der Waals surface area (Å²) in [6.07, 6.45) is 1.38. The van der Waals surface area contributed by atoms with Crippen molar-refractivity contribution in [3.05, 3.63) is 50.3 Å². The molecule has 0 unspecified atom stereocenters. The summed E-state index contributed by atoms with van der Waals surface area (Å²) in [5, 5.41) is 0. The lowest BCUT2D eigenvalue weighted by molar-refractivity contribution is 0.0915. The van der Waals surface area contributed by atoms with E-state index in [2.05, 4.69) is 49.2 Å². The molecule has 5 nitrogen and oxygen atoms in total. The average Bonchev–Trinajstić information content (AvgIpc) is 3.46. The minimum absolute atomic E-state index is 0.0897. The highest BCUT2D eigenvalue weighted by Gasteiger charge is 2.36. The summed E-state index contributed by atoms with van der Waals surface area (Å²) in [6.45, 7) is 8.51. The van der Waals surface area contributed by atoms with Crippen molar-refractivity contribution >= 4 is 56.1 Å². The van der Waals surface area contributed by atoms with Crippen molar-refractivity contribution < 1.29 is 4.79 Å². The molecule has 8 heteroatoms. The number of aromatic amines is 1. The highest BCUT2D eigenvalue weighted by atomic mass is 35.5. The molecule has 162 valence electrons. The number of hydrogen-bond donors (Lipinski definition) is 1. The summed E-state index contributed by atoms with van der Waals surface area (Å²) in [5.74, 6) is 0.964. The van der Waals surface area contributed by atoms with Crippen LogP contribution in [0, 0.1) is 19.3 Å². The molecule has 0 aliphatic heterocycles. The van der Waals surface area contributed by atoms with E-state index in [1.165, 1.54) is 28.2 Å². The summed E-state index contributed by atoms with van der Waals surface area (Å²) < 4.78 is 2.87. The third-order valence-corrected chi connectivity index (χ3v) is 8.68. The van der Waals surface area contributed by atoms with E-state index in [0.717, 1.165) is 65.0 Å². The molecule has 0 spiro atoms. The molecule has 0 radical (unpaired) electrons. The van der Waals surface area contributed by atoms with E-state index in [0.29, 0.717) is 6.42 Å². The summed E-state index contributed by atoms with van der Waals surface area (Å²) >= 11 is 9.26. The molecule has 0 amide bonds.